The van der Waals surface area contributed by atoms with Crippen molar-refractivity contribution in [1.82, 2.24) is 10.2 Å². The lowest BCUT2D eigenvalue weighted by Crippen LogP contribution is -2.61. The zero-order valence-electron chi connectivity index (χ0n) is 12.3. The molecule has 2 atom stereocenters. The van der Waals surface area contributed by atoms with Gasteiger partial charge in [0.2, 0.25) is 0 Å². The maximum atomic E-state index is 5.52. The quantitative estimate of drug-likeness (QED) is 0.833. The number of hydrogen-bond acceptors (Lipinski definition) is 3. The summed E-state index contributed by atoms with van der Waals surface area (Å²) < 4.78 is 5.52. The summed E-state index contributed by atoms with van der Waals surface area (Å²) in [5.41, 5.74) is 0. The lowest BCUT2D eigenvalue weighted by Gasteiger charge is -2.47. The average Bonchev–Trinajstić information content (AvgIpc) is 2.40. The summed E-state index contributed by atoms with van der Waals surface area (Å²) in [6.45, 7) is 11.3. The number of piperazine rings is 1. The highest BCUT2D eigenvalue weighted by molar-refractivity contribution is 4.91. The minimum Gasteiger partial charge on any atom is -0.381 e. The lowest BCUT2D eigenvalue weighted by molar-refractivity contribution is -0.0113. The Morgan fingerprint density at radius 3 is 2.61 bits per heavy atom. The van der Waals surface area contributed by atoms with E-state index in [1.165, 1.54) is 38.8 Å². The Hall–Kier alpha value is -0.120. The third-order valence-corrected chi connectivity index (χ3v) is 4.54. The highest BCUT2D eigenvalue weighted by Crippen LogP contribution is 2.24. The van der Waals surface area contributed by atoms with Crippen molar-refractivity contribution in [3.63, 3.8) is 0 Å². The first-order chi connectivity index (χ1) is 8.72. The molecule has 2 rings (SSSR count). The van der Waals surface area contributed by atoms with Crippen molar-refractivity contribution in [2.24, 2.45) is 5.92 Å². The van der Waals surface area contributed by atoms with Gasteiger partial charge in [-0.3, -0.25) is 4.90 Å². The maximum Gasteiger partial charge on any atom is 0.0480 e. The summed E-state index contributed by atoms with van der Waals surface area (Å²) in [6, 6.07) is 2.17. The summed E-state index contributed by atoms with van der Waals surface area (Å²) in [5, 5.41) is 3.75. The predicted molar refractivity (Wildman–Crippen MR) is 75.9 cm³/mol. The van der Waals surface area contributed by atoms with Gasteiger partial charge in [0.25, 0.3) is 0 Å². The smallest absolute Gasteiger partial charge is 0.0480 e. The molecule has 0 aromatic heterocycles. The van der Waals surface area contributed by atoms with Gasteiger partial charge < -0.3 is 10.1 Å². The highest BCUT2D eigenvalue weighted by Gasteiger charge is 2.34. The second-order valence-corrected chi connectivity index (χ2v) is 6.25. The van der Waals surface area contributed by atoms with Crippen molar-refractivity contribution >= 4 is 0 Å². The molecule has 18 heavy (non-hydrogen) atoms. The molecule has 2 heterocycles. The van der Waals surface area contributed by atoms with E-state index in [0.29, 0.717) is 12.1 Å². The van der Waals surface area contributed by atoms with Gasteiger partial charge in [-0.1, -0.05) is 27.2 Å². The number of nitrogens with zero attached hydrogens (tertiary/aromatic N) is 1. The van der Waals surface area contributed by atoms with Crippen LogP contribution in [0, 0.1) is 5.92 Å². The molecule has 0 aromatic carbocycles. The van der Waals surface area contributed by atoms with E-state index in [4.69, 9.17) is 4.74 Å². The van der Waals surface area contributed by atoms with Crippen LogP contribution in [0.4, 0.5) is 0 Å². The molecule has 3 nitrogen and oxygen atoms in total. The zero-order chi connectivity index (χ0) is 13.0. The van der Waals surface area contributed by atoms with Gasteiger partial charge in [0, 0.05) is 44.4 Å². The highest BCUT2D eigenvalue weighted by atomic mass is 16.5. The summed E-state index contributed by atoms with van der Waals surface area (Å²) >= 11 is 0. The molecule has 2 fully saturated rings. The second-order valence-electron chi connectivity index (χ2n) is 6.25. The van der Waals surface area contributed by atoms with Gasteiger partial charge in [-0.25, -0.2) is 0 Å². The van der Waals surface area contributed by atoms with E-state index in [0.717, 1.165) is 25.2 Å². The molecule has 0 saturated carbocycles. The van der Waals surface area contributed by atoms with Crippen LogP contribution in [-0.4, -0.2) is 49.3 Å². The monoisotopic (exact) mass is 254 g/mol. The van der Waals surface area contributed by atoms with E-state index < -0.39 is 0 Å². The van der Waals surface area contributed by atoms with E-state index in [-0.39, 0.29) is 0 Å². The molecule has 106 valence electrons. The van der Waals surface area contributed by atoms with Gasteiger partial charge in [-0.15, -0.1) is 0 Å². The van der Waals surface area contributed by atoms with Crippen molar-refractivity contribution in [1.29, 1.82) is 0 Å². The van der Waals surface area contributed by atoms with Gasteiger partial charge >= 0.3 is 0 Å². The molecule has 0 bridgehead atoms. The molecule has 3 heteroatoms. The molecule has 0 spiro atoms. The molecule has 1 N–H and O–H groups in total. The van der Waals surface area contributed by atoms with Crippen LogP contribution in [0.2, 0.25) is 0 Å². The average molecular weight is 254 g/mol. The third kappa shape index (κ3) is 3.46. The lowest BCUT2D eigenvalue weighted by atomic mass is 9.93. The fourth-order valence-electron chi connectivity index (χ4n) is 3.46. The van der Waals surface area contributed by atoms with Gasteiger partial charge in [0.1, 0.15) is 0 Å². The Morgan fingerprint density at radius 1 is 1.28 bits per heavy atom. The minimum atomic E-state index is 0.702. The first-order valence-corrected chi connectivity index (χ1v) is 7.79. The molecular formula is C15H30N2O. The van der Waals surface area contributed by atoms with Crippen LogP contribution in [0.3, 0.4) is 0 Å². The van der Waals surface area contributed by atoms with Crippen molar-refractivity contribution < 1.29 is 4.74 Å². The number of ether oxygens (including phenoxy) is 1. The van der Waals surface area contributed by atoms with Crippen LogP contribution in [0.25, 0.3) is 0 Å². The van der Waals surface area contributed by atoms with Crippen LogP contribution in [0.1, 0.15) is 46.5 Å². The first-order valence-electron chi connectivity index (χ1n) is 7.79. The minimum absolute atomic E-state index is 0.702. The normalized spacial score (nSPS) is 32.0. The van der Waals surface area contributed by atoms with Crippen molar-refractivity contribution in [2.75, 3.05) is 26.3 Å². The third-order valence-electron chi connectivity index (χ3n) is 4.54. The molecule has 2 unspecified atom stereocenters. The first kappa shape index (κ1) is 14.3. The summed E-state index contributed by atoms with van der Waals surface area (Å²) in [4.78, 5) is 2.80. The van der Waals surface area contributed by atoms with E-state index in [9.17, 15) is 0 Å². The van der Waals surface area contributed by atoms with Gasteiger partial charge in [-0.05, 0) is 25.2 Å². The van der Waals surface area contributed by atoms with Crippen LogP contribution < -0.4 is 5.32 Å². The number of nitrogens with one attached hydrogen (secondary N) is 1. The zero-order valence-corrected chi connectivity index (χ0v) is 12.3. The predicted octanol–water partition coefficient (Wildman–Crippen LogP) is 2.26. The molecule has 2 saturated heterocycles. The topological polar surface area (TPSA) is 24.5 Å². The maximum absolute atomic E-state index is 5.52. The Kier molecular flexibility index (Phi) is 5.46. The number of rotatable bonds is 4. The molecule has 0 radical (unpaired) electrons. The Bertz CT molecular complexity index is 239. The summed E-state index contributed by atoms with van der Waals surface area (Å²) in [6.07, 6.45) is 5.04. The van der Waals surface area contributed by atoms with E-state index in [1.807, 2.05) is 0 Å². The molecule has 2 aliphatic heterocycles. The molecule has 0 amide bonds. The van der Waals surface area contributed by atoms with E-state index in [2.05, 4.69) is 31.0 Å². The van der Waals surface area contributed by atoms with Crippen LogP contribution in [-0.2, 0) is 4.74 Å². The largest absolute Gasteiger partial charge is 0.381 e. The Labute approximate surface area is 112 Å². The molecule has 2 aliphatic rings. The molecule has 0 aromatic rings. The molecular weight excluding hydrogens is 224 g/mol. The standard InChI is InChI=1S/C15H30N2O/c1-4-5-13-11-17(14-6-8-18-9-7-14)15(10-16-13)12(2)3/h12-16H,4-11H2,1-3H3. The van der Waals surface area contributed by atoms with Gasteiger partial charge in [0.15, 0.2) is 0 Å². The van der Waals surface area contributed by atoms with Crippen LogP contribution in [0.15, 0.2) is 0 Å². The van der Waals surface area contributed by atoms with Gasteiger partial charge in [0.05, 0.1) is 0 Å². The summed E-state index contributed by atoms with van der Waals surface area (Å²) in [5.74, 6) is 0.739. The van der Waals surface area contributed by atoms with Crippen molar-refractivity contribution in [2.45, 2.75) is 64.6 Å². The van der Waals surface area contributed by atoms with E-state index in [1.54, 1.807) is 0 Å². The second kappa shape index (κ2) is 6.88. The van der Waals surface area contributed by atoms with Crippen LogP contribution in [0.5, 0.6) is 0 Å². The van der Waals surface area contributed by atoms with Gasteiger partial charge in [-0.2, -0.15) is 0 Å². The fourth-order valence-corrected chi connectivity index (χ4v) is 3.46. The van der Waals surface area contributed by atoms with E-state index >= 15 is 0 Å². The Morgan fingerprint density at radius 2 is 2.00 bits per heavy atom. The van der Waals surface area contributed by atoms with Crippen molar-refractivity contribution in [3.8, 4) is 0 Å². The fraction of sp³-hybridized carbons (Fsp3) is 1.00. The van der Waals surface area contributed by atoms with Crippen molar-refractivity contribution in [3.05, 3.63) is 0 Å². The number of hydrogen-bond donors (Lipinski definition) is 1. The molecule has 0 aliphatic carbocycles. The Balaban J connectivity index is 1.99. The summed E-state index contributed by atoms with van der Waals surface area (Å²) in [7, 11) is 0. The SMILES string of the molecule is CCCC1CN(C2CCOCC2)C(C(C)C)CN1. The van der Waals surface area contributed by atoms with Crippen LogP contribution >= 0.6 is 0 Å².